The maximum Gasteiger partial charge on any atom is 0.223 e. The summed E-state index contributed by atoms with van der Waals surface area (Å²) in [4.78, 5) is 22.2. The second kappa shape index (κ2) is 10.2. The van der Waals surface area contributed by atoms with E-state index in [-0.39, 0.29) is 5.91 Å². The third-order valence-corrected chi connectivity index (χ3v) is 6.86. The molecular formula is C30H31N3O2. The van der Waals surface area contributed by atoms with E-state index in [4.69, 9.17) is 9.40 Å². The summed E-state index contributed by atoms with van der Waals surface area (Å²) in [5.41, 5.74) is 6.71. The van der Waals surface area contributed by atoms with E-state index in [0.717, 1.165) is 48.8 Å². The van der Waals surface area contributed by atoms with E-state index in [1.807, 2.05) is 65.6 Å². The number of hydrogen-bond acceptors (Lipinski definition) is 4. The Labute approximate surface area is 207 Å². The minimum atomic E-state index is 0.159. The van der Waals surface area contributed by atoms with Crippen molar-refractivity contribution in [2.24, 2.45) is 0 Å². The van der Waals surface area contributed by atoms with Crippen LogP contribution in [0, 0.1) is 13.8 Å². The number of aromatic nitrogens is 1. The normalized spacial score (nSPS) is 13.8. The molecule has 1 amide bonds. The Kier molecular flexibility index (Phi) is 6.66. The molecule has 1 aromatic heterocycles. The highest BCUT2D eigenvalue weighted by Crippen LogP contribution is 2.33. The minimum Gasteiger partial charge on any atom is -0.440 e. The fraction of sp³-hybridized carbons (Fsp3) is 0.267. The van der Waals surface area contributed by atoms with Crippen molar-refractivity contribution in [2.45, 2.75) is 26.7 Å². The average molecular weight is 466 g/mol. The van der Waals surface area contributed by atoms with Crippen molar-refractivity contribution in [3.05, 3.63) is 95.9 Å². The third kappa shape index (κ3) is 4.99. The zero-order valence-electron chi connectivity index (χ0n) is 20.4. The van der Waals surface area contributed by atoms with Gasteiger partial charge in [-0.2, -0.15) is 0 Å². The highest BCUT2D eigenvalue weighted by atomic mass is 16.4. The number of anilines is 1. The first-order valence-electron chi connectivity index (χ1n) is 12.3. The summed E-state index contributed by atoms with van der Waals surface area (Å²) in [6.07, 6.45) is 0.884. The molecule has 1 fully saturated rings. The fourth-order valence-corrected chi connectivity index (χ4v) is 4.70. The molecule has 0 aliphatic carbocycles. The lowest BCUT2D eigenvalue weighted by Gasteiger charge is -2.37. The van der Waals surface area contributed by atoms with Gasteiger partial charge in [-0.25, -0.2) is 4.98 Å². The van der Waals surface area contributed by atoms with Gasteiger partial charge in [0.05, 0.1) is 0 Å². The van der Waals surface area contributed by atoms with Crippen LogP contribution in [-0.2, 0) is 11.2 Å². The second-order valence-corrected chi connectivity index (χ2v) is 9.10. The first-order chi connectivity index (χ1) is 17.1. The number of aryl methyl sites for hydroxylation is 2. The number of nitrogens with zero attached hydrogens (tertiary/aromatic N) is 3. The molecular weight excluding hydrogens is 434 g/mol. The van der Waals surface area contributed by atoms with Crippen LogP contribution in [0.5, 0.6) is 0 Å². The maximum atomic E-state index is 13.0. The van der Waals surface area contributed by atoms with Gasteiger partial charge >= 0.3 is 0 Å². The number of benzene rings is 3. The predicted molar refractivity (Wildman–Crippen MR) is 140 cm³/mol. The van der Waals surface area contributed by atoms with Gasteiger partial charge in [0.25, 0.3) is 0 Å². The van der Waals surface area contributed by atoms with Gasteiger partial charge in [-0.05, 0) is 31.0 Å². The Morgan fingerprint density at radius 2 is 1.49 bits per heavy atom. The van der Waals surface area contributed by atoms with Crippen LogP contribution in [0.4, 0.5) is 5.69 Å². The quantitative estimate of drug-likeness (QED) is 0.355. The molecule has 0 radical (unpaired) electrons. The molecule has 0 atom stereocenters. The number of rotatable bonds is 6. The summed E-state index contributed by atoms with van der Waals surface area (Å²) in [5.74, 6) is 1.51. The van der Waals surface area contributed by atoms with E-state index in [0.29, 0.717) is 18.7 Å². The topological polar surface area (TPSA) is 49.6 Å². The Morgan fingerprint density at radius 1 is 0.829 bits per heavy atom. The summed E-state index contributed by atoms with van der Waals surface area (Å²) < 4.78 is 6.20. The first kappa shape index (κ1) is 22.9. The summed E-state index contributed by atoms with van der Waals surface area (Å²) >= 11 is 0. The largest absolute Gasteiger partial charge is 0.440 e. The minimum absolute atomic E-state index is 0.159. The zero-order chi connectivity index (χ0) is 24.2. The molecule has 4 aromatic rings. The molecule has 0 N–H and O–H groups in total. The third-order valence-electron chi connectivity index (χ3n) is 6.86. The molecule has 35 heavy (non-hydrogen) atoms. The highest BCUT2D eigenvalue weighted by Gasteiger charge is 2.23. The average Bonchev–Trinajstić information content (AvgIpc) is 3.34. The molecule has 178 valence electrons. The van der Waals surface area contributed by atoms with Crippen molar-refractivity contribution >= 4 is 11.6 Å². The molecule has 1 saturated heterocycles. The van der Waals surface area contributed by atoms with Crippen LogP contribution >= 0.6 is 0 Å². The van der Waals surface area contributed by atoms with E-state index >= 15 is 0 Å². The van der Waals surface area contributed by atoms with E-state index in [1.165, 1.54) is 16.8 Å². The van der Waals surface area contributed by atoms with E-state index in [2.05, 4.69) is 36.9 Å². The van der Waals surface area contributed by atoms with Crippen molar-refractivity contribution in [2.75, 3.05) is 31.1 Å². The summed E-state index contributed by atoms with van der Waals surface area (Å²) in [5, 5.41) is 0. The molecule has 0 unspecified atom stereocenters. The lowest BCUT2D eigenvalue weighted by Crippen LogP contribution is -2.49. The number of carbonyl (C=O) groups is 1. The molecule has 0 spiro atoms. The summed E-state index contributed by atoms with van der Waals surface area (Å²) in [6.45, 7) is 7.50. The van der Waals surface area contributed by atoms with Crippen LogP contribution in [0.3, 0.4) is 0 Å². The number of amides is 1. The maximum absolute atomic E-state index is 13.0. The van der Waals surface area contributed by atoms with Crippen molar-refractivity contribution in [1.29, 1.82) is 0 Å². The van der Waals surface area contributed by atoms with Crippen LogP contribution in [0.15, 0.2) is 83.3 Å². The van der Waals surface area contributed by atoms with Crippen LogP contribution in [0.1, 0.15) is 23.4 Å². The number of hydrogen-bond donors (Lipinski definition) is 0. The molecule has 1 aliphatic rings. The fourth-order valence-electron chi connectivity index (χ4n) is 4.70. The van der Waals surface area contributed by atoms with Gasteiger partial charge in [-0.1, -0.05) is 72.8 Å². The molecule has 1 aliphatic heterocycles. The van der Waals surface area contributed by atoms with Gasteiger partial charge in [0, 0.05) is 55.8 Å². The summed E-state index contributed by atoms with van der Waals surface area (Å²) in [6, 6.07) is 26.5. The van der Waals surface area contributed by atoms with Crippen LogP contribution in [-0.4, -0.2) is 42.0 Å². The standard InChI is InChI=1S/C30H31N3O2/c1-22-10-9-15-26(23(22)2)32-18-20-33(21-19-32)28(34)17-16-27-31-29(24-11-5-3-6-12-24)30(35-27)25-13-7-4-8-14-25/h3-15H,16-21H2,1-2H3. The number of carbonyl (C=O) groups excluding carboxylic acids is 1. The molecule has 0 bridgehead atoms. The van der Waals surface area contributed by atoms with Crippen LogP contribution in [0.2, 0.25) is 0 Å². The van der Waals surface area contributed by atoms with E-state index < -0.39 is 0 Å². The molecule has 5 nitrogen and oxygen atoms in total. The molecule has 5 heteroatoms. The second-order valence-electron chi connectivity index (χ2n) is 9.10. The van der Waals surface area contributed by atoms with Gasteiger partial charge in [-0.3, -0.25) is 4.79 Å². The van der Waals surface area contributed by atoms with E-state index in [9.17, 15) is 4.79 Å². The Morgan fingerprint density at radius 3 is 2.17 bits per heavy atom. The zero-order valence-corrected chi connectivity index (χ0v) is 20.4. The lowest BCUT2D eigenvalue weighted by atomic mass is 10.1. The molecule has 0 saturated carbocycles. The van der Waals surface area contributed by atoms with Gasteiger partial charge < -0.3 is 14.2 Å². The Bertz CT molecular complexity index is 1230. The van der Waals surface area contributed by atoms with Crippen LogP contribution < -0.4 is 4.90 Å². The molecule has 3 aromatic carbocycles. The van der Waals surface area contributed by atoms with Crippen molar-refractivity contribution in [3.8, 4) is 22.6 Å². The predicted octanol–water partition coefficient (Wildman–Crippen LogP) is 5.91. The van der Waals surface area contributed by atoms with Gasteiger partial charge in [-0.15, -0.1) is 0 Å². The lowest BCUT2D eigenvalue weighted by molar-refractivity contribution is -0.131. The van der Waals surface area contributed by atoms with Gasteiger partial charge in [0.1, 0.15) is 5.69 Å². The molecule has 5 rings (SSSR count). The van der Waals surface area contributed by atoms with Crippen molar-refractivity contribution in [3.63, 3.8) is 0 Å². The van der Waals surface area contributed by atoms with Gasteiger partial charge in [0.15, 0.2) is 11.7 Å². The van der Waals surface area contributed by atoms with E-state index in [1.54, 1.807) is 0 Å². The molecule has 2 heterocycles. The number of oxazole rings is 1. The van der Waals surface area contributed by atoms with Crippen molar-refractivity contribution in [1.82, 2.24) is 9.88 Å². The van der Waals surface area contributed by atoms with Gasteiger partial charge in [0.2, 0.25) is 5.91 Å². The highest BCUT2D eigenvalue weighted by molar-refractivity contribution is 5.78. The summed E-state index contributed by atoms with van der Waals surface area (Å²) in [7, 11) is 0. The monoisotopic (exact) mass is 465 g/mol. The smallest absolute Gasteiger partial charge is 0.223 e. The van der Waals surface area contributed by atoms with Crippen LogP contribution in [0.25, 0.3) is 22.6 Å². The van der Waals surface area contributed by atoms with Crippen molar-refractivity contribution < 1.29 is 9.21 Å². The number of piperazine rings is 1. The Hall–Kier alpha value is -3.86. The SMILES string of the molecule is Cc1cccc(N2CCN(C(=O)CCc3nc(-c4ccccc4)c(-c4ccccc4)o3)CC2)c1C. The Balaban J connectivity index is 1.25. The first-order valence-corrected chi connectivity index (χ1v) is 12.3.